The minimum Gasteiger partial charge on any atom is -0.289 e. The van der Waals surface area contributed by atoms with E-state index in [-0.39, 0.29) is 5.78 Å². The zero-order chi connectivity index (χ0) is 13.0. The van der Waals surface area contributed by atoms with Crippen LogP contribution in [0.5, 0.6) is 0 Å². The molecule has 1 nitrogen and oxygen atoms in total. The highest BCUT2D eigenvalue weighted by Gasteiger charge is 2.03. The van der Waals surface area contributed by atoms with Crippen molar-refractivity contribution in [1.82, 2.24) is 0 Å². The molecule has 0 atom stereocenters. The third-order valence-electron chi connectivity index (χ3n) is 2.80. The second kappa shape index (κ2) is 5.78. The molecular weight excluding hydrogens is 240 g/mol. The molecule has 2 heteroatoms. The number of rotatable bonds is 4. The molecule has 92 valence electrons. The Hall–Kier alpha value is -1.67. The minimum atomic E-state index is 0.0544. The highest BCUT2D eigenvalue weighted by atomic mass is 32.1. The normalized spacial score (nSPS) is 11.3. The number of thiophene rings is 1. The summed E-state index contributed by atoms with van der Waals surface area (Å²) in [5, 5.41) is 2.00. The van der Waals surface area contributed by atoms with Crippen LogP contribution in [0.3, 0.4) is 0 Å². The Morgan fingerprint density at radius 2 is 1.89 bits per heavy atom. The second-order valence-corrected chi connectivity index (χ2v) is 5.47. The molecule has 0 unspecified atom stereocenters. The number of allylic oxidation sites excluding steroid dienone is 1. The Kier molecular flexibility index (Phi) is 4.11. The molecule has 0 bridgehead atoms. The van der Waals surface area contributed by atoms with E-state index in [9.17, 15) is 4.79 Å². The average molecular weight is 256 g/mol. The molecule has 0 N–H and O–H groups in total. The molecule has 0 aliphatic heterocycles. The van der Waals surface area contributed by atoms with Crippen LogP contribution in [0.4, 0.5) is 0 Å². The molecule has 0 saturated heterocycles. The molecule has 1 aromatic carbocycles. The highest BCUT2D eigenvalue weighted by molar-refractivity contribution is 7.10. The van der Waals surface area contributed by atoms with Crippen LogP contribution >= 0.6 is 11.3 Å². The predicted molar refractivity (Wildman–Crippen MR) is 78.2 cm³/mol. The van der Waals surface area contributed by atoms with Crippen LogP contribution in [-0.2, 0) is 0 Å². The summed E-state index contributed by atoms with van der Waals surface area (Å²) in [6.45, 7) is 4.29. The molecule has 0 aliphatic rings. The Morgan fingerprint density at radius 1 is 1.17 bits per heavy atom. The zero-order valence-corrected chi connectivity index (χ0v) is 11.4. The number of hydrogen-bond acceptors (Lipinski definition) is 2. The maximum absolute atomic E-state index is 11.9. The van der Waals surface area contributed by atoms with Crippen molar-refractivity contribution in [2.75, 3.05) is 0 Å². The van der Waals surface area contributed by atoms with Crippen molar-refractivity contribution >= 4 is 23.2 Å². The Morgan fingerprint density at radius 3 is 2.44 bits per heavy atom. The van der Waals surface area contributed by atoms with Gasteiger partial charge in [0, 0.05) is 10.4 Å². The summed E-state index contributed by atoms with van der Waals surface area (Å²) in [5.41, 5.74) is 2.00. The van der Waals surface area contributed by atoms with Gasteiger partial charge in [0.05, 0.1) is 0 Å². The van der Waals surface area contributed by atoms with Gasteiger partial charge in [0.1, 0.15) is 0 Å². The van der Waals surface area contributed by atoms with Gasteiger partial charge >= 0.3 is 0 Å². The van der Waals surface area contributed by atoms with E-state index in [0.29, 0.717) is 5.92 Å². The largest absolute Gasteiger partial charge is 0.289 e. The van der Waals surface area contributed by atoms with E-state index in [0.717, 1.165) is 10.4 Å². The number of ketones is 1. The molecular formula is C16H16OS. The SMILES string of the molecule is CC(C)c1ccc(C(=O)/C=C/c2cccs2)cc1. The van der Waals surface area contributed by atoms with Crippen LogP contribution in [0.15, 0.2) is 47.9 Å². The monoisotopic (exact) mass is 256 g/mol. The summed E-state index contributed by atoms with van der Waals surface area (Å²) in [4.78, 5) is 13.0. The maximum Gasteiger partial charge on any atom is 0.185 e. The summed E-state index contributed by atoms with van der Waals surface area (Å²) in [5.74, 6) is 0.550. The second-order valence-electron chi connectivity index (χ2n) is 4.49. The Bertz CT molecular complexity index is 533. The van der Waals surface area contributed by atoms with Crippen molar-refractivity contribution in [1.29, 1.82) is 0 Å². The quantitative estimate of drug-likeness (QED) is 0.569. The van der Waals surface area contributed by atoms with Crippen molar-refractivity contribution in [2.45, 2.75) is 19.8 Å². The number of carbonyl (C=O) groups excluding carboxylic acids is 1. The summed E-state index contributed by atoms with van der Waals surface area (Å²) >= 11 is 1.63. The number of hydrogen-bond donors (Lipinski definition) is 0. The lowest BCUT2D eigenvalue weighted by molar-refractivity contribution is 0.104. The van der Waals surface area contributed by atoms with Crippen molar-refractivity contribution in [3.8, 4) is 0 Å². The van der Waals surface area contributed by atoms with E-state index < -0.39 is 0 Å². The molecule has 1 heterocycles. The van der Waals surface area contributed by atoms with Crippen molar-refractivity contribution < 1.29 is 4.79 Å². The fraction of sp³-hybridized carbons (Fsp3) is 0.188. The van der Waals surface area contributed by atoms with Gasteiger partial charge in [-0.2, -0.15) is 0 Å². The number of carbonyl (C=O) groups is 1. The standard InChI is InChI=1S/C16H16OS/c1-12(2)13-5-7-14(8-6-13)16(17)10-9-15-4-3-11-18-15/h3-12H,1-2H3/b10-9+. The van der Waals surface area contributed by atoms with E-state index in [4.69, 9.17) is 0 Å². The van der Waals surface area contributed by atoms with Crippen molar-refractivity contribution in [3.05, 3.63) is 63.9 Å². The first-order valence-corrected chi connectivity index (χ1v) is 6.90. The molecule has 0 aliphatic carbocycles. The fourth-order valence-electron chi connectivity index (χ4n) is 1.67. The lowest BCUT2D eigenvalue weighted by Crippen LogP contribution is -1.95. The van der Waals surface area contributed by atoms with E-state index in [1.165, 1.54) is 5.56 Å². The van der Waals surface area contributed by atoms with Gasteiger partial charge in [-0.15, -0.1) is 11.3 Å². The van der Waals surface area contributed by atoms with Crippen LogP contribution in [0.25, 0.3) is 6.08 Å². The van der Waals surface area contributed by atoms with Gasteiger partial charge < -0.3 is 0 Å². The summed E-state index contributed by atoms with van der Waals surface area (Å²) in [6, 6.07) is 11.8. The molecule has 0 saturated carbocycles. The summed E-state index contributed by atoms with van der Waals surface area (Å²) in [7, 11) is 0. The minimum absolute atomic E-state index is 0.0544. The third-order valence-corrected chi connectivity index (χ3v) is 3.64. The van der Waals surface area contributed by atoms with Crippen molar-refractivity contribution in [3.63, 3.8) is 0 Å². The van der Waals surface area contributed by atoms with Gasteiger partial charge in [0.25, 0.3) is 0 Å². The molecule has 1 aromatic heterocycles. The smallest absolute Gasteiger partial charge is 0.185 e. The lowest BCUT2D eigenvalue weighted by Gasteiger charge is -2.04. The van der Waals surface area contributed by atoms with E-state index >= 15 is 0 Å². The van der Waals surface area contributed by atoms with E-state index in [2.05, 4.69) is 13.8 Å². The third kappa shape index (κ3) is 3.17. The molecule has 2 rings (SSSR count). The fourth-order valence-corrected chi connectivity index (χ4v) is 2.29. The molecule has 18 heavy (non-hydrogen) atoms. The van der Waals surface area contributed by atoms with E-state index in [1.54, 1.807) is 17.4 Å². The van der Waals surface area contributed by atoms with Crippen LogP contribution in [-0.4, -0.2) is 5.78 Å². The predicted octanol–water partition coefficient (Wildman–Crippen LogP) is 4.77. The van der Waals surface area contributed by atoms with Crippen molar-refractivity contribution in [2.24, 2.45) is 0 Å². The lowest BCUT2D eigenvalue weighted by atomic mass is 10.0. The molecule has 0 spiro atoms. The first-order valence-electron chi connectivity index (χ1n) is 6.02. The first-order chi connectivity index (χ1) is 8.66. The Balaban J connectivity index is 2.09. The van der Waals surface area contributed by atoms with Gasteiger partial charge in [-0.1, -0.05) is 44.2 Å². The van der Waals surface area contributed by atoms with Gasteiger partial charge in [-0.25, -0.2) is 0 Å². The topological polar surface area (TPSA) is 17.1 Å². The van der Waals surface area contributed by atoms with Gasteiger partial charge in [-0.3, -0.25) is 4.79 Å². The maximum atomic E-state index is 11.9. The van der Waals surface area contributed by atoms with Crippen LogP contribution in [0.2, 0.25) is 0 Å². The van der Waals surface area contributed by atoms with Gasteiger partial charge in [0.2, 0.25) is 0 Å². The van der Waals surface area contributed by atoms with Crippen LogP contribution in [0.1, 0.15) is 40.6 Å². The molecule has 0 amide bonds. The zero-order valence-electron chi connectivity index (χ0n) is 10.6. The van der Waals surface area contributed by atoms with Gasteiger partial charge in [0.15, 0.2) is 5.78 Å². The summed E-state index contributed by atoms with van der Waals surface area (Å²) < 4.78 is 0. The van der Waals surface area contributed by atoms with Gasteiger partial charge in [-0.05, 0) is 35.1 Å². The molecule has 0 radical (unpaired) electrons. The number of benzene rings is 1. The van der Waals surface area contributed by atoms with Crippen LogP contribution < -0.4 is 0 Å². The highest BCUT2D eigenvalue weighted by Crippen LogP contribution is 2.16. The Labute approximate surface area is 112 Å². The molecule has 0 fully saturated rings. The average Bonchev–Trinajstić information content (AvgIpc) is 2.89. The van der Waals surface area contributed by atoms with E-state index in [1.807, 2.05) is 47.9 Å². The van der Waals surface area contributed by atoms with Crippen LogP contribution in [0, 0.1) is 0 Å². The first kappa shape index (κ1) is 12.8. The summed E-state index contributed by atoms with van der Waals surface area (Å²) in [6.07, 6.45) is 3.50. The molecule has 2 aromatic rings.